The van der Waals surface area contributed by atoms with Gasteiger partial charge in [-0.1, -0.05) is 18.2 Å². The van der Waals surface area contributed by atoms with Crippen molar-refractivity contribution in [3.63, 3.8) is 0 Å². The zero-order valence-corrected chi connectivity index (χ0v) is 14.8. The number of rotatable bonds is 3. The Morgan fingerprint density at radius 3 is 2.80 bits per heavy atom. The number of ether oxygens (including phenoxy) is 1. The maximum Gasteiger partial charge on any atom is 0.230 e. The van der Waals surface area contributed by atoms with E-state index in [0.29, 0.717) is 24.5 Å². The Hall–Kier alpha value is -2.82. The SMILES string of the molecule is Cc1ccc(C)c(NC(=O)Cc2ccc3c(c2)N(C)C(=O)CCO3)c1. The minimum atomic E-state index is -0.0860. The summed E-state index contributed by atoms with van der Waals surface area (Å²) >= 11 is 0. The van der Waals surface area contributed by atoms with Crippen molar-refractivity contribution in [2.75, 3.05) is 23.9 Å². The lowest BCUT2D eigenvalue weighted by Gasteiger charge is -2.17. The summed E-state index contributed by atoms with van der Waals surface area (Å²) in [6.45, 7) is 4.34. The van der Waals surface area contributed by atoms with Gasteiger partial charge in [0.25, 0.3) is 0 Å². The van der Waals surface area contributed by atoms with E-state index in [1.54, 1.807) is 11.9 Å². The summed E-state index contributed by atoms with van der Waals surface area (Å²) in [6, 6.07) is 11.5. The number of aryl methyl sites for hydroxylation is 2. The molecule has 0 fully saturated rings. The average molecular weight is 338 g/mol. The fourth-order valence-corrected chi connectivity index (χ4v) is 2.86. The van der Waals surface area contributed by atoms with Crippen LogP contribution in [0.2, 0.25) is 0 Å². The normalized spacial score (nSPS) is 13.7. The average Bonchev–Trinajstić information content (AvgIpc) is 2.71. The third kappa shape index (κ3) is 3.82. The second-order valence-electron chi connectivity index (χ2n) is 6.40. The van der Waals surface area contributed by atoms with E-state index >= 15 is 0 Å². The Morgan fingerprint density at radius 2 is 2.00 bits per heavy atom. The Morgan fingerprint density at radius 1 is 1.20 bits per heavy atom. The van der Waals surface area contributed by atoms with Gasteiger partial charge < -0.3 is 15.0 Å². The number of carbonyl (C=O) groups excluding carboxylic acids is 2. The van der Waals surface area contributed by atoms with Crippen LogP contribution in [0.25, 0.3) is 0 Å². The lowest BCUT2D eigenvalue weighted by Crippen LogP contribution is -2.25. The number of nitrogens with one attached hydrogen (secondary N) is 1. The van der Waals surface area contributed by atoms with Crippen LogP contribution in [0.4, 0.5) is 11.4 Å². The van der Waals surface area contributed by atoms with Crippen LogP contribution in [0.15, 0.2) is 36.4 Å². The van der Waals surface area contributed by atoms with Gasteiger partial charge in [0.05, 0.1) is 25.1 Å². The molecular formula is C20H22N2O3. The zero-order valence-electron chi connectivity index (χ0n) is 14.8. The van der Waals surface area contributed by atoms with E-state index in [0.717, 1.165) is 22.4 Å². The molecule has 0 bridgehead atoms. The van der Waals surface area contributed by atoms with Crippen molar-refractivity contribution >= 4 is 23.2 Å². The van der Waals surface area contributed by atoms with E-state index in [1.165, 1.54) is 0 Å². The highest BCUT2D eigenvalue weighted by Gasteiger charge is 2.20. The molecule has 0 atom stereocenters. The van der Waals surface area contributed by atoms with Crippen LogP contribution in [-0.2, 0) is 16.0 Å². The van der Waals surface area contributed by atoms with Gasteiger partial charge in [0.2, 0.25) is 11.8 Å². The minimum absolute atomic E-state index is 0.00994. The number of carbonyl (C=O) groups is 2. The third-order valence-corrected chi connectivity index (χ3v) is 4.36. The Bertz CT molecular complexity index is 830. The maximum absolute atomic E-state index is 12.4. The molecule has 2 aromatic carbocycles. The van der Waals surface area contributed by atoms with E-state index in [4.69, 9.17) is 4.74 Å². The summed E-state index contributed by atoms with van der Waals surface area (Å²) in [5, 5.41) is 2.96. The number of hydrogen-bond acceptors (Lipinski definition) is 3. The predicted molar refractivity (Wildman–Crippen MR) is 98.2 cm³/mol. The molecule has 0 unspecified atom stereocenters. The molecule has 3 rings (SSSR count). The second kappa shape index (κ2) is 6.97. The van der Waals surface area contributed by atoms with Crippen LogP contribution in [0.1, 0.15) is 23.1 Å². The van der Waals surface area contributed by atoms with Crippen LogP contribution in [0, 0.1) is 13.8 Å². The van der Waals surface area contributed by atoms with Crippen molar-refractivity contribution < 1.29 is 14.3 Å². The molecule has 0 saturated heterocycles. The summed E-state index contributed by atoms with van der Waals surface area (Å²) in [5.41, 5.74) is 4.50. The molecule has 0 saturated carbocycles. The Balaban J connectivity index is 1.77. The van der Waals surface area contributed by atoms with Crippen LogP contribution >= 0.6 is 0 Å². The molecular weight excluding hydrogens is 316 g/mol. The molecule has 0 spiro atoms. The van der Waals surface area contributed by atoms with Crippen molar-refractivity contribution in [1.29, 1.82) is 0 Å². The molecule has 0 aliphatic carbocycles. The first-order valence-corrected chi connectivity index (χ1v) is 8.33. The van der Waals surface area contributed by atoms with Gasteiger partial charge in [-0.2, -0.15) is 0 Å². The van der Waals surface area contributed by atoms with Crippen molar-refractivity contribution in [2.45, 2.75) is 26.7 Å². The van der Waals surface area contributed by atoms with E-state index in [2.05, 4.69) is 5.32 Å². The highest BCUT2D eigenvalue weighted by molar-refractivity contribution is 5.96. The van der Waals surface area contributed by atoms with Crippen LogP contribution < -0.4 is 15.0 Å². The standard InChI is InChI=1S/C20H22N2O3/c1-13-4-5-14(2)16(10-13)21-19(23)12-15-6-7-18-17(11-15)22(3)20(24)8-9-25-18/h4-7,10-11H,8-9,12H2,1-3H3,(H,21,23). The lowest BCUT2D eigenvalue weighted by molar-refractivity contribution is -0.118. The summed E-state index contributed by atoms with van der Waals surface area (Å²) in [7, 11) is 1.73. The fourth-order valence-electron chi connectivity index (χ4n) is 2.86. The largest absolute Gasteiger partial charge is 0.491 e. The van der Waals surface area contributed by atoms with Gasteiger partial charge in [0, 0.05) is 12.7 Å². The third-order valence-electron chi connectivity index (χ3n) is 4.36. The van der Waals surface area contributed by atoms with Gasteiger partial charge >= 0.3 is 0 Å². The highest BCUT2D eigenvalue weighted by atomic mass is 16.5. The van der Waals surface area contributed by atoms with E-state index in [1.807, 2.05) is 50.2 Å². The van der Waals surface area contributed by atoms with Gasteiger partial charge in [-0.05, 0) is 48.7 Å². The van der Waals surface area contributed by atoms with Crippen LogP contribution in [0.3, 0.4) is 0 Å². The molecule has 1 aliphatic rings. The quantitative estimate of drug-likeness (QED) is 0.935. The van der Waals surface area contributed by atoms with Gasteiger partial charge in [-0.15, -0.1) is 0 Å². The Labute approximate surface area is 147 Å². The van der Waals surface area contributed by atoms with Crippen LogP contribution in [-0.4, -0.2) is 25.5 Å². The number of anilines is 2. The molecule has 2 amide bonds. The molecule has 130 valence electrons. The molecule has 0 aromatic heterocycles. The fraction of sp³-hybridized carbons (Fsp3) is 0.300. The molecule has 0 radical (unpaired) electrons. The highest BCUT2D eigenvalue weighted by Crippen LogP contribution is 2.31. The summed E-state index contributed by atoms with van der Waals surface area (Å²) in [4.78, 5) is 26.0. The maximum atomic E-state index is 12.4. The van der Waals surface area contributed by atoms with Crippen molar-refractivity contribution in [3.05, 3.63) is 53.1 Å². The van der Waals surface area contributed by atoms with E-state index < -0.39 is 0 Å². The van der Waals surface area contributed by atoms with Gasteiger partial charge in [-0.3, -0.25) is 9.59 Å². The summed E-state index contributed by atoms with van der Waals surface area (Å²) < 4.78 is 5.61. The van der Waals surface area contributed by atoms with E-state index in [-0.39, 0.29) is 18.2 Å². The second-order valence-corrected chi connectivity index (χ2v) is 6.40. The van der Waals surface area contributed by atoms with Crippen molar-refractivity contribution in [1.82, 2.24) is 0 Å². The molecule has 5 heteroatoms. The van der Waals surface area contributed by atoms with Crippen molar-refractivity contribution in [3.8, 4) is 5.75 Å². The smallest absolute Gasteiger partial charge is 0.230 e. The summed E-state index contributed by atoms with van der Waals surface area (Å²) in [5.74, 6) is 0.597. The molecule has 1 N–H and O–H groups in total. The Kier molecular flexibility index (Phi) is 4.74. The first-order chi connectivity index (χ1) is 11.9. The molecule has 2 aromatic rings. The number of amides is 2. The molecule has 25 heavy (non-hydrogen) atoms. The zero-order chi connectivity index (χ0) is 18.0. The number of nitrogens with zero attached hydrogens (tertiary/aromatic N) is 1. The number of benzene rings is 2. The monoisotopic (exact) mass is 338 g/mol. The summed E-state index contributed by atoms with van der Waals surface area (Å²) in [6.07, 6.45) is 0.594. The molecule has 1 aliphatic heterocycles. The minimum Gasteiger partial charge on any atom is -0.491 e. The van der Waals surface area contributed by atoms with Gasteiger partial charge in [0.15, 0.2) is 0 Å². The first kappa shape index (κ1) is 17.0. The van der Waals surface area contributed by atoms with Crippen LogP contribution in [0.5, 0.6) is 5.75 Å². The van der Waals surface area contributed by atoms with Gasteiger partial charge in [-0.25, -0.2) is 0 Å². The predicted octanol–water partition coefficient (Wildman–Crippen LogP) is 3.23. The molecule has 5 nitrogen and oxygen atoms in total. The van der Waals surface area contributed by atoms with Gasteiger partial charge in [0.1, 0.15) is 5.75 Å². The lowest BCUT2D eigenvalue weighted by atomic mass is 10.1. The molecule has 1 heterocycles. The van der Waals surface area contributed by atoms with E-state index in [9.17, 15) is 9.59 Å². The topological polar surface area (TPSA) is 58.6 Å². The number of hydrogen-bond donors (Lipinski definition) is 1. The first-order valence-electron chi connectivity index (χ1n) is 8.33. The van der Waals surface area contributed by atoms with Crippen molar-refractivity contribution in [2.24, 2.45) is 0 Å². The number of fused-ring (bicyclic) bond motifs is 1.